The number of hydrogen-bond donors (Lipinski definition) is 3. The SMILES string of the molecule is COc1ccc(NC(=O)CN2C(=O)N[C@@](C)(c3ccc4c(c3)OCCO4)C2=O)cc1S(N)(=O)=O. The summed E-state index contributed by atoms with van der Waals surface area (Å²) >= 11 is 0. The Bertz CT molecular complexity index is 1300. The monoisotopic (exact) mass is 490 g/mol. The standard InChI is InChI=1S/C21H22N4O8S/c1-21(12-3-5-14-16(9-12)33-8-7-32-14)19(27)25(20(28)24-21)11-18(26)23-13-4-6-15(31-2)17(10-13)34(22,29)30/h3-6,9-10H,7-8,11H2,1-2H3,(H,23,26)(H,24,28)(H2,22,29,30)/t21-/m0/s1. The number of rotatable bonds is 6. The van der Waals surface area contributed by atoms with Gasteiger partial charge in [0, 0.05) is 5.69 Å². The summed E-state index contributed by atoms with van der Waals surface area (Å²) in [5.74, 6) is -0.368. The first-order chi connectivity index (χ1) is 16.0. The maximum atomic E-state index is 13.1. The van der Waals surface area contributed by atoms with Crippen molar-refractivity contribution in [1.82, 2.24) is 10.2 Å². The molecule has 4 rings (SSSR count). The van der Waals surface area contributed by atoms with E-state index < -0.39 is 40.0 Å². The number of carbonyl (C=O) groups excluding carboxylic acids is 3. The second-order valence-corrected chi connectivity index (χ2v) is 9.29. The van der Waals surface area contributed by atoms with Crippen LogP contribution in [0.15, 0.2) is 41.3 Å². The lowest BCUT2D eigenvalue weighted by atomic mass is 9.91. The highest BCUT2D eigenvalue weighted by molar-refractivity contribution is 7.89. The van der Waals surface area contributed by atoms with E-state index >= 15 is 0 Å². The van der Waals surface area contributed by atoms with Crippen LogP contribution < -0.4 is 30.0 Å². The van der Waals surface area contributed by atoms with Crippen molar-refractivity contribution in [3.63, 3.8) is 0 Å². The normalized spacial score (nSPS) is 19.6. The average molecular weight is 490 g/mol. The minimum absolute atomic E-state index is 0.00444. The number of nitrogens with two attached hydrogens (primary N) is 1. The number of hydrogen-bond acceptors (Lipinski definition) is 8. The van der Waals surface area contributed by atoms with E-state index in [9.17, 15) is 22.8 Å². The molecule has 2 aliphatic rings. The molecular weight excluding hydrogens is 468 g/mol. The van der Waals surface area contributed by atoms with Gasteiger partial charge in [-0.15, -0.1) is 0 Å². The number of imide groups is 1. The molecule has 1 atom stereocenters. The largest absolute Gasteiger partial charge is 0.495 e. The van der Waals surface area contributed by atoms with E-state index in [0.29, 0.717) is 30.3 Å². The van der Waals surface area contributed by atoms with Gasteiger partial charge in [-0.25, -0.2) is 18.4 Å². The average Bonchev–Trinajstić information content (AvgIpc) is 3.02. The number of benzene rings is 2. The van der Waals surface area contributed by atoms with Gasteiger partial charge in [-0.05, 0) is 42.8 Å². The van der Waals surface area contributed by atoms with Crippen LogP contribution in [-0.4, -0.2) is 58.0 Å². The molecule has 2 aliphatic heterocycles. The molecule has 0 radical (unpaired) electrons. The van der Waals surface area contributed by atoms with Crippen LogP contribution in [0.2, 0.25) is 0 Å². The van der Waals surface area contributed by atoms with E-state index in [0.717, 1.165) is 11.0 Å². The Kier molecular flexibility index (Phi) is 5.83. The van der Waals surface area contributed by atoms with Crippen LogP contribution in [0.5, 0.6) is 17.2 Å². The number of carbonyl (C=O) groups is 3. The summed E-state index contributed by atoms with van der Waals surface area (Å²) in [5, 5.41) is 10.3. The van der Waals surface area contributed by atoms with E-state index in [4.69, 9.17) is 19.3 Å². The van der Waals surface area contributed by atoms with Crippen molar-refractivity contribution >= 4 is 33.6 Å². The Balaban J connectivity index is 1.51. The van der Waals surface area contributed by atoms with Crippen LogP contribution in [0.1, 0.15) is 12.5 Å². The number of amides is 4. The van der Waals surface area contributed by atoms with Gasteiger partial charge in [0.05, 0.1) is 7.11 Å². The number of anilines is 1. The molecule has 1 fully saturated rings. The molecule has 0 aromatic heterocycles. The maximum Gasteiger partial charge on any atom is 0.325 e. The van der Waals surface area contributed by atoms with Crippen LogP contribution in [0, 0.1) is 0 Å². The van der Waals surface area contributed by atoms with E-state index in [2.05, 4.69) is 10.6 Å². The molecule has 2 aromatic rings. The molecule has 12 nitrogen and oxygen atoms in total. The Morgan fingerprint density at radius 2 is 1.88 bits per heavy atom. The summed E-state index contributed by atoms with van der Waals surface area (Å²) in [4.78, 5) is 38.7. The molecule has 4 N–H and O–H groups in total. The molecule has 4 amide bonds. The highest BCUT2D eigenvalue weighted by Gasteiger charge is 2.49. The zero-order valence-corrected chi connectivity index (χ0v) is 19.1. The molecule has 180 valence electrons. The first kappa shape index (κ1) is 23.3. The lowest BCUT2D eigenvalue weighted by Gasteiger charge is -2.25. The van der Waals surface area contributed by atoms with Gasteiger partial charge in [0.1, 0.15) is 35.9 Å². The van der Waals surface area contributed by atoms with Gasteiger partial charge in [0.25, 0.3) is 5.91 Å². The third kappa shape index (κ3) is 4.22. The number of urea groups is 1. The van der Waals surface area contributed by atoms with Crippen molar-refractivity contribution in [2.24, 2.45) is 5.14 Å². The van der Waals surface area contributed by atoms with Gasteiger partial charge in [0.2, 0.25) is 15.9 Å². The number of primary sulfonamides is 1. The Hall–Kier alpha value is -3.84. The van der Waals surface area contributed by atoms with Crippen molar-refractivity contribution in [1.29, 1.82) is 0 Å². The molecule has 2 heterocycles. The first-order valence-electron chi connectivity index (χ1n) is 10.1. The minimum atomic E-state index is -4.12. The lowest BCUT2D eigenvalue weighted by Crippen LogP contribution is -2.42. The zero-order chi connectivity index (χ0) is 24.7. The molecule has 0 saturated carbocycles. The van der Waals surface area contributed by atoms with Crippen molar-refractivity contribution in [2.45, 2.75) is 17.4 Å². The van der Waals surface area contributed by atoms with E-state index in [-0.39, 0.29) is 16.3 Å². The number of ether oxygens (including phenoxy) is 3. The number of methoxy groups -OCH3 is 1. The van der Waals surface area contributed by atoms with Gasteiger partial charge in [-0.1, -0.05) is 6.07 Å². The fourth-order valence-electron chi connectivity index (χ4n) is 3.71. The van der Waals surface area contributed by atoms with E-state index in [1.54, 1.807) is 18.2 Å². The molecular formula is C21H22N4O8S. The van der Waals surface area contributed by atoms with Gasteiger partial charge in [-0.3, -0.25) is 14.5 Å². The fourth-order valence-corrected chi connectivity index (χ4v) is 4.43. The lowest BCUT2D eigenvalue weighted by molar-refractivity contribution is -0.133. The zero-order valence-electron chi connectivity index (χ0n) is 18.3. The molecule has 13 heteroatoms. The van der Waals surface area contributed by atoms with Crippen LogP contribution >= 0.6 is 0 Å². The molecule has 2 aromatic carbocycles. The first-order valence-corrected chi connectivity index (χ1v) is 11.6. The van der Waals surface area contributed by atoms with Gasteiger partial charge in [-0.2, -0.15) is 0 Å². The summed E-state index contributed by atoms with van der Waals surface area (Å²) < 4.78 is 39.6. The summed E-state index contributed by atoms with van der Waals surface area (Å²) in [6.07, 6.45) is 0. The van der Waals surface area contributed by atoms with E-state index in [1.165, 1.54) is 26.2 Å². The number of sulfonamides is 1. The summed E-state index contributed by atoms with van der Waals surface area (Å²) in [6, 6.07) is 7.99. The van der Waals surface area contributed by atoms with Gasteiger partial charge in [0.15, 0.2) is 11.5 Å². The Morgan fingerprint density at radius 1 is 1.18 bits per heavy atom. The molecule has 1 saturated heterocycles. The highest BCUT2D eigenvalue weighted by atomic mass is 32.2. The predicted octanol–water partition coefficient (Wildman–Crippen LogP) is 0.520. The van der Waals surface area contributed by atoms with Crippen molar-refractivity contribution in [3.05, 3.63) is 42.0 Å². The molecule has 34 heavy (non-hydrogen) atoms. The van der Waals surface area contributed by atoms with Crippen LogP contribution in [0.4, 0.5) is 10.5 Å². The molecule has 0 bridgehead atoms. The van der Waals surface area contributed by atoms with Crippen LogP contribution in [0.3, 0.4) is 0 Å². The fraction of sp³-hybridized carbons (Fsp3) is 0.286. The van der Waals surface area contributed by atoms with Crippen molar-refractivity contribution in [2.75, 3.05) is 32.2 Å². The molecule has 0 aliphatic carbocycles. The van der Waals surface area contributed by atoms with Crippen LogP contribution in [0.25, 0.3) is 0 Å². The van der Waals surface area contributed by atoms with Gasteiger partial charge >= 0.3 is 6.03 Å². The minimum Gasteiger partial charge on any atom is -0.495 e. The maximum absolute atomic E-state index is 13.1. The number of nitrogens with one attached hydrogen (secondary N) is 2. The molecule has 0 unspecified atom stereocenters. The number of fused-ring (bicyclic) bond motifs is 1. The van der Waals surface area contributed by atoms with Crippen molar-refractivity contribution in [3.8, 4) is 17.2 Å². The Morgan fingerprint density at radius 3 is 2.56 bits per heavy atom. The highest BCUT2D eigenvalue weighted by Crippen LogP contribution is 2.37. The number of nitrogens with zero attached hydrogens (tertiary/aromatic N) is 1. The molecule has 0 spiro atoms. The summed E-state index contributed by atoms with van der Waals surface area (Å²) in [5.41, 5.74) is -0.865. The van der Waals surface area contributed by atoms with Gasteiger partial charge < -0.3 is 24.8 Å². The quantitative estimate of drug-likeness (QED) is 0.493. The van der Waals surface area contributed by atoms with Crippen molar-refractivity contribution < 1.29 is 37.0 Å². The third-order valence-electron chi connectivity index (χ3n) is 5.45. The summed E-state index contributed by atoms with van der Waals surface area (Å²) in [6.45, 7) is 1.70. The second-order valence-electron chi connectivity index (χ2n) is 7.76. The smallest absolute Gasteiger partial charge is 0.325 e. The third-order valence-corrected chi connectivity index (χ3v) is 6.38. The van der Waals surface area contributed by atoms with E-state index in [1.807, 2.05) is 0 Å². The van der Waals surface area contributed by atoms with Crippen LogP contribution in [-0.2, 0) is 25.2 Å². The predicted molar refractivity (Wildman–Crippen MR) is 118 cm³/mol. The Labute approximate surface area is 195 Å². The second kappa shape index (κ2) is 8.50. The summed E-state index contributed by atoms with van der Waals surface area (Å²) in [7, 11) is -2.84. The topological polar surface area (TPSA) is 166 Å².